The van der Waals surface area contributed by atoms with Gasteiger partial charge in [0.2, 0.25) is 0 Å². The molecule has 0 saturated carbocycles. The molecule has 74 valence electrons. The molecule has 0 unspecified atom stereocenters. The van der Waals surface area contributed by atoms with E-state index in [1.165, 1.54) is 11.3 Å². The maximum Gasteiger partial charge on any atom is 0.0989 e. The van der Waals surface area contributed by atoms with Crippen LogP contribution in [0.3, 0.4) is 0 Å². The van der Waals surface area contributed by atoms with E-state index in [4.69, 9.17) is 27.9 Å². The highest BCUT2D eigenvalue weighted by atomic mass is 35.5. The molecule has 0 aliphatic carbocycles. The predicted octanol–water partition coefficient (Wildman–Crippen LogP) is 2.79. The smallest absolute Gasteiger partial charge is 0.0989 e. The molecule has 0 aromatic carbocycles. The lowest BCUT2D eigenvalue weighted by atomic mass is 10.3. The summed E-state index contributed by atoms with van der Waals surface area (Å²) in [4.78, 5) is 0. The van der Waals surface area contributed by atoms with E-state index in [2.05, 4.69) is 5.32 Å². The topological polar surface area (TPSA) is 21.3 Å². The molecule has 0 saturated heterocycles. The van der Waals surface area contributed by atoms with Crippen LogP contribution in [0.5, 0.6) is 0 Å². The Morgan fingerprint density at radius 1 is 1.54 bits per heavy atom. The Balaban J connectivity index is 2.32. The lowest BCUT2D eigenvalue weighted by Gasteiger charge is -2.01. The summed E-state index contributed by atoms with van der Waals surface area (Å²) in [5.41, 5.74) is 1.05. The van der Waals surface area contributed by atoms with Gasteiger partial charge in [0.1, 0.15) is 0 Å². The van der Waals surface area contributed by atoms with Gasteiger partial charge < -0.3 is 10.1 Å². The Bertz CT molecular complexity index is 265. The number of hydrogen-bond acceptors (Lipinski definition) is 3. The van der Waals surface area contributed by atoms with Crippen molar-refractivity contribution in [2.24, 2.45) is 0 Å². The molecular weight excluding hydrogens is 229 g/mol. The number of rotatable bonds is 5. The largest absolute Gasteiger partial charge is 0.383 e. The van der Waals surface area contributed by atoms with Crippen molar-refractivity contribution in [3.8, 4) is 0 Å². The number of thiophene rings is 1. The summed E-state index contributed by atoms with van der Waals surface area (Å²) in [7, 11) is 1.68. The van der Waals surface area contributed by atoms with Crippen molar-refractivity contribution in [1.29, 1.82) is 0 Å². The summed E-state index contributed by atoms with van der Waals surface area (Å²) in [6.07, 6.45) is 0. The molecule has 0 radical (unpaired) electrons. The fourth-order valence-electron chi connectivity index (χ4n) is 0.892. The van der Waals surface area contributed by atoms with E-state index >= 15 is 0 Å². The van der Waals surface area contributed by atoms with Gasteiger partial charge >= 0.3 is 0 Å². The SMILES string of the molecule is COCCNCc1cc(Cl)sc1Cl. The Morgan fingerprint density at radius 2 is 2.31 bits per heavy atom. The van der Waals surface area contributed by atoms with E-state index in [0.29, 0.717) is 6.61 Å². The fourth-order valence-corrected chi connectivity index (χ4v) is 2.38. The molecule has 1 aromatic heterocycles. The maximum absolute atomic E-state index is 5.92. The van der Waals surface area contributed by atoms with Gasteiger partial charge in [0.25, 0.3) is 0 Å². The Hall–Kier alpha value is 0.200. The van der Waals surface area contributed by atoms with Crippen molar-refractivity contribution in [3.05, 3.63) is 20.3 Å². The molecule has 13 heavy (non-hydrogen) atoms. The summed E-state index contributed by atoms with van der Waals surface area (Å²) in [5, 5.41) is 3.20. The van der Waals surface area contributed by atoms with Gasteiger partial charge in [-0.05, 0) is 11.6 Å². The Morgan fingerprint density at radius 3 is 2.85 bits per heavy atom. The Labute approximate surface area is 91.8 Å². The van der Waals surface area contributed by atoms with Crippen LogP contribution in [0.15, 0.2) is 6.07 Å². The monoisotopic (exact) mass is 239 g/mol. The van der Waals surface area contributed by atoms with Crippen LogP contribution in [0.2, 0.25) is 8.67 Å². The van der Waals surface area contributed by atoms with E-state index in [1.54, 1.807) is 7.11 Å². The Kier molecular flexibility index (Phi) is 5.06. The third-order valence-electron chi connectivity index (χ3n) is 1.53. The van der Waals surface area contributed by atoms with Gasteiger partial charge in [0, 0.05) is 20.2 Å². The van der Waals surface area contributed by atoms with Crippen LogP contribution in [0.25, 0.3) is 0 Å². The van der Waals surface area contributed by atoms with Crippen LogP contribution in [0.4, 0.5) is 0 Å². The quantitative estimate of drug-likeness (QED) is 0.799. The average molecular weight is 240 g/mol. The van der Waals surface area contributed by atoms with Gasteiger partial charge in [-0.15, -0.1) is 11.3 Å². The molecule has 1 heterocycles. The summed E-state index contributed by atoms with van der Waals surface area (Å²) in [5.74, 6) is 0. The normalized spacial score (nSPS) is 10.7. The standard InChI is InChI=1S/C8H11Cl2NOS/c1-12-3-2-11-5-6-4-7(9)13-8(6)10/h4,11H,2-3,5H2,1H3. The zero-order valence-corrected chi connectivity index (χ0v) is 9.60. The molecule has 5 heteroatoms. The molecule has 0 aliphatic heterocycles. The van der Waals surface area contributed by atoms with Gasteiger partial charge in [-0.1, -0.05) is 23.2 Å². The predicted molar refractivity (Wildman–Crippen MR) is 57.9 cm³/mol. The lowest BCUT2D eigenvalue weighted by Crippen LogP contribution is -2.18. The second-order valence-corrected chi connectivity index (χ2v) is 4.80. The molecule has 0 atom stereocenters. The van der Waals surface area contributed by atoms with Gasteiger partial charge in [0.15, 0.2) is 0 Å². The number of halogens is 2. The molecule has 0 fully saturated rings. The molecule has 1 aromatic rings. The highest BCUT2D eigenvalue weighted by Gasteiger charge is 2.04. The highest BCUT2D eigenvalue weighted by molar-refractivity contribution is 7.20. The van der Waals surface area contributed by atoms with E-state index in [1.807, 2.05) is 6.07 Å². The number of hydrogen-bond donors (Lipinski definition) is 1. The third-order valence-corrected chi connectivity index (χ3v) is 3.09. The summed E-state index contributed by atoms with van der Waals surface area (Å²) in [6.45, 7) is 2.27. The minimum absolute atomic E-state index is 0.704. The van der Waals surface area contributed by atoms with Crippen LogP contribution in [-0.4, -0.2) is 20.3 Å². The minimum atomic E-state index is 0.704. The first-order chi connectivity index (χ1) is 6.24. The first-order valence-corrected chi connectivity index (χ1v) is 5.44. The van der Waals surface area contributed by atoms with Gasteiger partial charge in [0.05, 0.1) is 15.3 Å². The van der Waals surface area contributed by atoms with Crippen molar-refractivity contribution in [2.75, 3.05) is 20.3 Å². The summed E-state index contributed by atoms with van der Waals surface area (Å²) in [6, 6.07) is 1.88. The second kappa shape index (κ2) is 5.83. The first-order valence-electron chi connectivity index (χ1n) is 3.87. The minimum Gasteiger partial charge on any atom is -0.383 e. The molecule has 0 bridgehead atoms. The van der Waals surface area contributed by atoms with Crippen molar-refractivity contribution >= 4 is 34.5 Å². The van der Waals surface area contributed by atoms with Crippen molar-refractivity contribution < 1.29 is 4.74 Å². The number of nitrogens with one attached hydrogen (secondary N) is 1. The summed E-state index contributed by atoms with van der Waals surface area (Å²) < 4.78 is 6.39. The molecule has 0 spiro atoms. The van der Waals surface area contributed by atoms with Crippen LogP contribution in [0, 0.1) is 0 Å². The summed E-state index contributed by atoms with van der Waals surface area (Å²) >= 11 is 13.1. The maximum atomic E-state index is 5.92. The third kappa shape index (κ3) is 3.83. The molecular formula is C8H11Cl2NOS. The number of methoxy groups -OCH3 is 1. The molecule has 0 amide bonds. The van der Waals surface area contributed by atoms with Crippen molar-refractivity contribution in [3.63, 3.8) is 0 Å². The number of ether oxygens (including phenoxy) is 1. The molecule has 2 nitrogen and oxygen atoms in total. The van der Waals surface area contributed by atoms with E-state index in [9.17, 15) is 0 Å². The fraction of sp³-hybridized carbons (Fsp3) is 0.500. The van der Waals surface area contributed by atoms with Gasteiger partial charge in [-0.3, -0.25) is 0 Å². The zero-order chi connectivity index (χ0) is 9.68. The molecule has 1 N–H and O–H groups in total. The van der Waals surface area contributed by atoms with E-state index in [-0.39, 0.29) is 0 Å². The van der Waals surface area contributed by atoms with Crippen LogP contribution < -0.4 is 5.32 Å². The van der Waals surface area contributed by atoms with Gasteiger partial charge in [-0.2, -0.15) is 0 Å². The first kappa shape index (κ1) is 11.3. The van der Waals surface area contributed by atoms with Crippen LogP contribution in [-0.2, 0) is 11.3 Å². The average Bonchev–Trinajstić information content (AvgIpc) is 2.39. The van der Waals surface area contributed by atoms with Gasteiger partial charge in [-0.25, -0.2) is 0 Å². The van der Waals surface area contributed by atoms with Crippen LogP contribution in [0.1, 0.15) is 5.56 Å². The second-order valence-electron chi connectivity index (χ2n) is 2.52. The van der Waals surface area contributed by atoms with Crippen molar-refractivity contribution in [1.82, 2.24) is 5.32 Å². The van der Waals surface area contributed by atoms with Crippen LogP contribution >= 0.6 is 34.5 Å². The zero-order valence-electron chi connectivity index (χ0n) is 7.27. The lowest BCUT2D eigenvalue weighted by molar-refractivity contribution is 0.199. The van der Waals surface area contributed by atoms with Crippen molar-refractivity contribution in [2.45, 2.75) is 6.54 Å². The molecule has 1 rings (SSSR count). The van der Waals surface area contributed by atoms with E-state index in [0.717, 1.165) is 27.3 Å². The van der Waals surface area contributed by atoms with E-state index < -0.39 is 0 Å². The molecule has 0 aliphatic rings. The highest BCUT2D eigenvalue weighted by Crippen LogP contribution is 2.30.